The zero-order valence-electron chi connectivity index (χ0n) is 13.7. The highest BCUT2D eigenvalue weighted by Crippen LogP contribution is 2.32. The van der Waals surface area contributed by atoms with Crippen LogP contribution >= 0.6 is 0 Å². The molecule has 1 aliphatic heterocycles. The molecule has 9 nitrogen and oxygen atoms in total. The van der Waals surface area contributed by atoms with Gasteiger partial charge in [-0.25, -0.2) is 4.79 Å². The fourth-order valence-corrected chi connectivity index (χ4v) is 2.27. The van der Waals surface area contributed by atoms with Gasteiger partial charge in [0.2, 0.25) is 5.88 Å². The number of nitrogen functional groups attached to an aromatic ring is 1. The number of aryl methyl sites for hydroxylation is 1. The molecule has 0 aliphatic carbocycles. The van der Waals surface area contributed by atoms with Crippen molar-refractivity contribution < 1.29 is 28.3 Å². The molecule has 1 unspecified atom stereocenters. The highest BCUT2D eigenvalue weighted by Gasteiger charge is 2.25. The second-order valence-corrected chi connectivity index (χ2v) is 5.40. The van der Waals surface area contributed by atoms with E-state index in [0.29, 0.717) is 36.1 Å². The second-order valence-electron chi connectivity index (χ2n) is 5.40. The van der Waals surface area contributed by atoms with E-state index >= 15 is 0 Å². The molecule has 2 aromatic rings. The predicted molar refractivity (Wildman–Crippen MR) is 86.6 cm³/mol. The van der Waals surface area contributed by atoms with Crippen LogP contribution in [-0.4, -0.2) is 36.4 Å². The van der Waals surface area contributed by atoms with E-state index in [1.807, 2.05) is 0 Å². The number of rotatable bonds is 4. The molecular weight excluding hydrogens is 330 g/mol. The molecule has 2 heterocycles. The zero-order chi connectivity index (χ0) is 18.0. The molecule has 0 saturated heterocycles. The summed E-state index contributed by atoms with van der Waals surface area (Å²) in [6.07, 6.45) is -1.05. The van der Waals surface area contributed by atoms with Crippen LogP contribution in [0.5, 0.6) is 11.5 Å². The molecule has 0 spiro atoms. The number of nitrogens with two attached hydrogens (primary N) is 1. The minimum absolute atomic E-state index is 0.0129. The molecule has 1 aromatic carbocycles. The first kappa shape index (κ1) is 16.6. The molecule has 1 amide bonds. The summed E-state index contributed by atoms with van der Waals surface area (Å²) in [7, 11) is 0. The lowest BCUT2D eigenvalue weighted by Crippen LogP contribution is -2.30. The van der Waals surface area contributed by atoms with Crippen molar-refractivity contribution in [1.82, 2.24) is 5.16 Å². The number of aromatic nitrogens is 1. The minimum atomic E-state index is -1.05. The van der Waals surface area contributed by atoms with E-state index in [2.05, 4.69) is 10.5 Å². The molecule has 1 atom stereocenters. The molecule has 132 valence electrons. The van der Waals surface area contributed by atoms with Gasteiger partial charge in [0.1, 0.15) is 18.8 Å². The van der Waals surface area contributed by atoms with Crippen LogP contribution < -0.4 is 20.5 Å². The number of fused-ring (bicyclic) bond motifs is 1. The number of carbonyl (C=O) groups excluding carboxylic acids is 2. The SMILES string of the molecule is Cc1noc(N)c1C(=O)OC(C)C(=O)Nc1ccc2c(c1)OCCO2. The molecule has 0 fully saturated rings. The number of benzene rings is 1. The van der Waals surface area contributed by atoms with Crippen LogP contribution in [-0.2, 0) is 9.53 Å². The number of carbonyl (C=O) groups is 2. The van der Waals surface area contributed by atoms with Gasteiger partial charge in [-0.1, -0.05) is 5.16 Å². The van der Waals surface area contributed by atoms with Crippen molar-refractivity contribution in [2.45, 2.75) is 20.0 Å². The van der Waals surface area contributed by atoms with Gasteiger partial charge < -0.3 is 29.8 Å². The van der Waals surface area contributed by atoms with E-state index in [1.54, 1.807) is 25.1 Å². The highest BCUT2D eigenvalue weighted by atomic mass is 16.6. The van der Waals surface area contributed by atoms with Crippen molar-refractivity contribution in [3.63, 3.8) is 0 Å². The normalized spacial score (nSPS) is 13.8. The van der Waals surface area contributed by atoms with Crippen LogP contribution in [0.25, 0.3) is 0 Å². The molecule has 3 rings (SSSR count). The summed E-state index contributed by atoms with van der Waals surface area (Å²) >= 11 is 0. The number of esters is 1. The molecule has 1 aromatic heterocycles. The van der Waals surface area contributed by atoms with E-state index in [0.717, 1.165) is 0 Å². The number of nitrogens with one attached hydrogen (secondary N) is 1. The van der Waals surface area contributed by atoms with Crippen molar-refractivity contribution >= 4 is 23.4 Å². The van der Waals surface area contributed by atoms with Crippen molar-refractivity contribution in [3.8, 4) is 11.5 Å². The van der Waals surface area contributed by atoms with Gasteiger partial charge in [0.15, 0.2) is 17.6 Å². The summed E-state index contributed by atoms with van der Waals surface area (Å²) in [5.74, 6) is -0.274. The summed E-state index contributed by atoms with van der Waals surface area (Å²) in [6, 6.07) is 5.01. The minimum Gasteiger partial charge on any atom is -0.486 e. The van der Waals surface area contributed by atoms with Crippen molar-refractivity contribution in [2.24, 2.45) is 0 Å². The third-order valence-electron chi connectivity index (χ3n) is 3.56. The predicted octanol–water partition coefficient (Wildman–Crippen LogP) is 1.52. The molecule has 9 heteroatoms. The highest BCUT2D eigenvalue weighted by molar-refractivity contribution is 5.99. The van der Waals surface area contributed by atoms with Crippen LogP contribution in [0.2, 0.25) is 0 Å². The number of ether oxygens (including phenoxy) is 3. The average Bonchev–Trinajstić information content (AvgIpc) is 2.93. The summed E-state index contributed by atoms with van der Waals surface area (Å²) in [4.78, 5) is 24.3. The molecule has 0 radical (unpaired) electrons. The van der Waals surface area contributed by atoms with E-state index in [9.17, 15) is 9.59 Å². The molecular formula is C16H17N3O6. The second kappa shape index (κ2) is 6.71. The number of hydrogen-bond acceptors (Lipinski definition) is 8. The number of nitrogens with zero attached hydrogens (tertiary/aromatic N) is 1. The third-order valence-corrected chi connectivity index (χ3v) is 3.56. The standard InChI is InChI=1S/C16H17N3O6/c1-8-13(14(17)25-19-8)16(21)24-9(2)15(20)18-10-3-4-11-12(7-10)23-6-5-22-11/h3-4,7,9H,5-6,17H2,1-2H3,(H,18,20). The first-order valence-corrected chi connectivity index (χ1v) is 7.59. The maximum atomic E-state index is 12.2. The number of anilines is 2. The van der Waals surface area contributed by atoms with Crippen LogP contribution in [0.4, 0.5) is 11.6 Å². The lowest BCUT2D eigenvalue weighted by atomic mass is 10.2. The van der Waals surface area contributed by atoms with Gasteiger partial charge in [-0.2, -0.15) is 0 Å². The Kier molecular flexibility index (Phi) is 4.46. The van der Waals surface area contributed by atoms with E-state index < -0.39 is 18.0 Å². The number of hydrogen-bond donors (Lipinski definition) is 2. The van der Waals surface area contributed by atoms with Gasteiger partial charge >= 0.3 is 5.97 Å². The van der Waals surface area contributed by atoms with Crippen molar-refractivity contribution in [1.29, 1.82) is 0 Å². The number of amides is 1. The molecule has 0 bridgehead atoms. The maximum absolute atomic E-state index is 12.2. The topological polar surface area (TPSA) is 126 Å². The smallest absolute Gasteiger partial charge is 0.346 e. The Balaban J connectivity index is 1.64. The van der Waals surface area contributed by atoms with Crippen LogP contribution in [0.1, 0.15) is 23.0 Å². The summed E-state index contributed by atoms with van der Waals surface area (Å²) in [6.45, 7) is 3.93. The molecule has 1 aliphatic rings. The van der Waals surface area contributed by atoms with Gasteiger partial charge in [-0.05, 0) is 26.0 Å². The van der Waals surface area contributed by atoms with Crippen LogP contribution in [0, 0.1) is 6.92 Å². The van der Waals surface area contributed by atoms with Crippen molar-refractivity contribution in [3.05, 3.63) is 29.5 Å². The fraction of sp³-hybridized carbons (Fsp3) is 0.312. The lowest BCUT2D eigenvalue weighted by molar-refractivity contribution is -0.123. The fourth-order valence-electron chi connectivity index (χ4n) is 2.27. The zero-order valence-corrected chi connectivity index (χ0v) is 13.7. The Hall–Kier alpha value is -3.23. The van der Waals surface area contributed by atoms with Gasteiger partial charge in [-0.15, -0.1) is 0 Å². The lowest BCUT2D eigenvalue weighted by Gasteiger charge is -2.19. The van der Waals surface area contributed by atoms with Crippen molar-refractivity contribution in [2.75, 3.05) is 24.3 Å². The monoisotopic (exact) mass is 347 g/mol. The van der Waals surface area contributed by atoms with E-state index in [-0.39, 0.29) is 11.4 Å². The largest absolute Gasteiger partial charge is 0.486 e. The average molecular weight is 347 g/mol. The maximum Gasteiger partial charge on any atom is 0.346 e. The molecule has 25 heavy (non-hydrogen) atoms. The summed E-state index contributed by atoms with van der Waals surface area (Å²) in [5.41, 5.74) is 6.33. The summed E-state index contributed by atoms with van der Waals surface area (Å²) in [5, 5.41) is 6.22. The van der Waals surface area contributed by atoms with Gasteiger partial charge in [0, 0.05) is 11.8 Å². The Morgan fingerprint density at radius 3 is 2.68 bits per heavy atom. The van der Waals surface area contributed by atoms with Gasteiger partial charge in [-0.3, -0.25) is 4.79 Å². The third kappa shape index (κ3) is 3.49. The Bertz CT molecular complexity index is 797. The van der Waals surface area contributed by atoms with Crippen LogP contribution in [0.3, 0.4) is 0 Å². The first-order chi connectivity index (χ1) is 12.0. The van der Waals surface area contributed by atoms with Gasteiger partial charge in [0.25, 0.3) is 5.91 Å². The van der Waals surface area contributed by atoms with Gasteiger partial charge in [0.05, 0.1) is 5.69 Å². The Labute approximate surface area is 143 Å². The molecule has 0 saturated carbocycles. The van der Waals surface area contributed by atoms with E-state index in [4.69, 9.17) is 24.5 Å². The Morgan fingerprint density at radius 1 is 1.28 bits per heavy atom. The summed E-state index contributed by atoms with van der Waals surface area (Å²) < 4.78 is 20.7. The quantitative estimate of drug-likeness (QED) is 0.797. The van der Waals surface area contributed by atoms with E-state index in [1.165, 1.54) is 6.92 Å². The first-order valence-electron chi connectivity index (χ1n) is 7.59. The van der Waals surface area contributed by atoms with Crippen LogP contribution in [0.15, 0.2) is 22.7 Å². The molecule has 3 N–H and O–H groups in total. The Morgan fingerprint density at radius 2 is 2.00 bits per heavy atom.